The topological polar surface area (TPSA) is 64.8 Å². The van der Waals surface area contributed by atoms with E-state index in [4.69, 9.17) is 32.7 Å². The van der Waals surface area contributed by atoms with Crippen molar-refractivity contribution in [3.8, 4) is 17.2 Å². The summed E-state index contributed by atoms with van der Waals surface area (Å²) >= 11 is 15.7. The molecule has 0 fully saturated rings. The van der Waals surface area contributed by atoms with Crippen LogP contribution in [0.25, 0.3) is 5.69 Å². The first-order chi connectivity index (χ1) is 16.9. The van der Waals surface area contributed by atoms with Crippen LogP contribution in [0.1, 0.15) is 21.5 Å². The molecule has 9 heteroatoms. The fourth-order valence-electron chi connectivity index (χ4n) is 3.26. The number of hydrogen-bond acceptors (Lipinski definition) is 4. The first-order valence-corrected chi connectivity index (χ1v) is 12.0. The van der Waals surface area contributed by atoms with Crippen LogP contribution in [-0.2, 0) is 6.61 Å². The largest absolute Gasteiger partial charge is 0.493 e. The smallest absolute Gasteiger partial charge is 0.271 e. The minimum absolute atomic E-state index is 0.234. The average molecular weight is 573 g/mol. The van der Waals surface area contributed by atoms with Gasteiger partial charge in [0.1, 0.15) is 6.61 Å². The predicted molar refractivity (Wildman–Crippen MR) is 142 cm³/mol. The van der Waals surface area contributed by atoms with Gasteiger partial charge in [0, 0.05) is 39.3 Å². The molecule has 0 saturated heterocycles. The molecule has 3 aromatic carbocycles. The number of hydrogen-bond donors (Lipinski definition) is 1. The fraction of sp³-hybridized carbons (Fsp3) is 0.0769. The number of benzene rings is 3. The summed E-state index contributed by atoms with van der Waals surface area (Å²) in [6.45, 7) is 0.234. The van der Waals surface area contributed by atoms with Crippen molar-refractivity contribution in [2.24, 2.45) is 5.10 Å². The number of methoxy groups -OCH3 is 1. The molecule has 0 saturated carbocycles. The van der Waals surface area contributed by atoms with Gasteiger partial charge >= 0.3 is 0 Å². The van der Waals surface area contributed by atoms with Crippen molar-refractivity contribution in [3.63, 3.8) is 0 Å². The van der Waals surface area contributed by atoms with Gasteiger partial charge in [-0.15, -0.1) is 0 Å². The van der Waals surface area contributed by atoms with Gasteiger partial charge in [-0.2, -0.15) is 5.10 Å². The molecule has 0 atom stereocenters. The van der Waals surface area contributed by atoms with Crippen LogP contribution in [-0.4, -0.2) is 23.8 Å². The summed E-state index contributed by atoms with van der Waals surface area (Å²) in [7, 11) is 1.55. The van der Waals surface area contributed by atoms with E-state index in [0.717, 1.165) is 11.3 Å². The average Bonchev–Trinajstić information content (AvgIpc) is 3.39. The molecule has 1 amide bonds. The number of hydrazone groups is 1. The highest BCUT2D eigenvalue weighted by molar-refractivity contribution is 9.10. The maximum Gasteiger partial charge on any atom is 0.271 e. The van der Waals surface area contributed by atoms with Crippen LogP contribution >= 0.6 is 39.1 Å². The van der Waals surface area contributed by atoms with E-state index in [9.17, 15) is 4.79 Å². The maximum absolute atomic E-state index is 12.4. The van der Waals surface area contributed by atoms with Crippen LogP contribution in [0.4, 0.5) is 0 Å². The zero-order valence-electron chi connectivity index (χ0n) is 18.5. The molecule has 1 aromatic heterocycles. The third-order valence-corrected chi connectivity index (χ3v) is 6.23. The summed E-state index contributed by atoms with van der Waals surface area (Å²) in [5.41, 5.74) is 5.50. The SMILES string of the molecule is COc1cc(/C=N/NC(=O)c2ccc(-n3cccc3)cc2)cc(Br)c1OCc1ccc(Cl)cc1Cl. The van der Waals surface area contributed by atoms with Crippen LogP contribution in [0.2, 0.25) is 10.0 Å². The van der Waals surface area contributed by atoms with Crippen molar-refractivity contribution in [2.45, 2.75) is 6.61 Å². The lowest BCUT2D eigenvalue weighted by atomic mass is 10.2. The second-order valence-electron chi connectivity index (χ2n) is 7.39. The van der Waals surface area contributed by atoms with Crippen LogP contribution < -0.4 is 14.9 Å². The van der Waals surface area contributed by atoms with Gasteiger partial charge < -0.3 is 14.0 Å². The first-order valence-electron chi connectivity index (χ1n) is 10.5. The molecule has 0 radical (unpaired) electrons. The molecule has 35 heavy (non-hydrogen) atoms. The van der Waals surface area contributed by atoms with Crippen molar-refractivity contribution < 1.29 is 14.3 Å². The summed E-state index contributed by atoms with van der Waals surface area (Å²) in [6.07, 6.45) is 5.41. The summed E-state index contributed by atoms with van der Waals surface area (Å²) in [5, 5.41) is 5.15. The van der Waals surface area contributed by atoms with Gasteiger partial charge in [-0.25, -0.2) is 5.43 Å². The van der Waals surface area contributed by atoms with Crippen molar-refractivity contribution >= 4 is 51.3 Å². The summed E-state index contributed by atoms with van der Waals surface area (Å²) in [6, 6.07) is 19.9. The van der Waals surface area contributed by atoms with Crippen LogP contribution in [0.5, 0.6) is 11.5 Å². The summed E-state index contributed by atoms with van der Waals surface area (Å²) in [4.78, 5) is 12.4. The van der Waals surface area contributed by atoms with Crippen LogP contribution in [0, 0.1) is 0 Å². The Bertz CT molecular complexity index is 1360. The van der Waals surface area contributed by atoms with Gasteiger partial charge in [-0.1, -0.05) is 29.3 Å². The van der Waals surface area contributed by atoms with Crippen LogP contribution in [0.3, 0.4) is 0 Å². The fourth-order valence-corrected chi connectivity index (χ4v) is 4.30. The number of carbonyl (C=O) groups is 1. The van der Waals surface area contributed by atoms with Gasteiger partial charge in [-0.05, 0) is 82.2 Å². The van der Waals surface area contributed by atoms with E-state index < -0.39 is 0 Å². The molecule has 0 unspecified atom stereocenters. The van der Waals surface area contributed by atoms with E-state index in [1.54, 1.807) is 37.4 Å². The summed E-state index contributed by atoms with van der Waals surface area (Å²) in [5.74, 6) is 0.700. The molecule has 178 valence electrons. The van der Waals surface area contributed by atoms with Gasteiger partial charge in [0.15, 0.2) is 11.5 Å². The van der Waals surface area contributed by atoms with Crippen LogP contribution in [0.15, 0.2) is 88.7 Å². The molecule has 4 rings (SSSR count). The molecule has 4 aromatic rings. The summed E-state index contributed by atoms with van der Waals surface area (Å²) < 4.78 is 14.0. The van der Waals surface area contributed by atoms with E-state index in [1.807, 2.05) is 53.4 Å². The maximum atomic E-state index is 12.4. The highest BCUT2D eigenvalue weighted by Gasteiger charge is 2.13. The lowest BCUT2D eigenvalue weighted by Crippen LogP contribution is -2.17. The van der Waals surface area contributed by atoms with Crippen molar-refractivity contribution in [2.75, 3.05) is 7.11 Å². The number of rotatable bonds is 8. The highest BCUT2D eigenvalue weighted by atomic mass is 79.9. The lowest BCUT2D eigenvalue weighted by Gasteiger charge is -2.14. The second kappa shape index (κ2) is 11.4. The Morgan fingerprint density at radius 3 is 2.51 bits per heavy atom. The Morgan fingerprint density at radius 2 is 1.83 bits per heavy atom. The number of ether oxygens (including phenoxy) is 2. The Labute approximate surface area is 221 Å². The lowest BCUT2D eigenvalue weighted by molar-refractivity contribution is 0.0955. The first kappa shape index (κ1) is 24.9. The molecular formula is C26H20BrCl2N3O3. The number of halogens is 3. The number of carbonyl (C=O) groups excluding carboxylic acids is 1. The van der Waals surface area contributed by atoms with Crippen molar-refractivity contribution in [1.82, 2.24) is 9.99 Å². The quantitative estimate of drug-likeness (QED) is 0.184. The van der Waals surface area contributed by atoms with Crippen molar-refractivity contribution in [1.29, 1.82) is 0 Å². The number of nitrogens with one attached hydrogen (secondary N) is 1. The Kier molecular flexibility index (Phi) is 8.13. The Morgan fingerprint density at radius 1 is 1.09 bits per heavy atom. The Balaban J connectivity index is 1.41. The molecule has 0 aliphatic heterocycles. The van der Waals surface area contributed by atoms with Gasteiger partial charge in [0.05, 0.1) is 17.8 Å². The predicted octanol–water partition coefficient (Wildman–Crippen LogP) is 6.90. The van der Waals surface area contributed by atoms with E-state index in [1.165, 1.54) is 6.21 Å². The molecule has 0 aliphatic rings. The minimum Gasteiger partial charge on any atom is -0.493 e. The molecular weight excluding hydrogens is 553 g/mol. The molecule has 1 heterocycles. The van der Waals surface area contributed by atoms with E-state index >= 15 is 0 Å². The van der Waals surface area contributed by atoms with E-state index in [2.05, 4.69) is 26.5 Å². The number of amides is 1. The molecule has 0 aliphatic carbocycles. The normalized spacial score (nSPS) is 11.0. The van der Waals surface area contributed by atoms with Gasteiger partial charge in [0.25, 0.3) is 5.91 Å². The highest BCUT2D eigenvalue weighted by Crippen LogP contribution is 2.37. The zero-order valence-corrected chi connectivity index (χ0v) is 21.6. The van der Waals surface area contributed by atoms with E-state index in [0.29, 0.717) is 37.1 Å². The van der Waals surface area contributed by atoms with E-state index in [-0.39, 0.29) is 12.5 Å². The van der Waals surface area contributed by atoms with Gasteiger partial charge in [0.2, 0.25) is 0 Å². The molecule has 0 bridgehead atoms. The third kappa shape index (κ3) is 6.25. The zero-order chi connectivity index (χ0) is 24.8. The second-order valence-corrected chi connectivity index (χ2v) is 9.09. The third-order valence-electron chi connectivity index (χ3n) is 5.05. The number of aromatic nitrogens is 1. The molecule has 0 spiro atoms. The molecule has 1 N–H and O–H groups in total. The minimum atomic E-state index is -0.314. The monoisotopic (exact) mass is 571 g/mol. The van der Waals surface area contributed by atoms with Crippen molar-refractivity contribution in [3.05, 3.63) is 110 Å². The Hall–Kier alpha value is -3.26. The standard InChI is InChI=1S/C26H20BrCl2N3O3/c1-34-24-13-17(12-22(27)25(24)35-16-19-4-7-20(28)14-23(19)29)15-30-31-26(33)18-5-8-21(9-6-18)32-10-2-3-11-32/h2-15H,16H2,1H3,(H,31,33)/b30-15+. The van der Waals surface area contributed by atoms with Gasteiger partial charge in [-0.3, -0.25) is 4.79 Å². The number of nitrogens with zero attached hydrogens (tertiary/aromatic N) is 2. The molecule has 6 nitrogen and oxygen atoms in total.